The van der Waals surface area contributed by atoms with Crippen molar-refractivity contribution in [2.75, 3.05) is 5.32 Å². The minimum atomic E-state index is -0.287. The third-order valence-electron chi connectivity index (χ3n) is 3.04. The first kappa shape index (κ1) is 13.4. The van der Waals surface area contributed by atoms with Gasteiger partial charge in [-0.3, -0.25) is 10.1 Å². The van der Waals surface area contributed by atoms with Crippen molar-refractivity contribution in [1.29, 1.82) is 0 Å². The summed E-state index contributed by atoms with van der Waals surface area (Å²) in [5, 5.41) is 3.49. The molecule has 5 nitrogen and oxygen atoms in total. The van der Waals surface area contributed by atoms with Gasteiger partial charge in [-0.25, -0.2) is 9.97 Å². The molecule has 3 rings (SSSR count). The molecule has 1 aliphatic rings. The Kier molecular flexibility index (Phi) is 3.40. The van der Waals surface area contributed by atoms with Gasteiger partial charge in [-0.1, -0.05) is 23.2 Å². The van der Waals surface area contributed by atoms with Crippen LogP contribution in [0.2, 0.25) is 10.2 Å². The minimum absolute atomic E-state index is 0.194. The summed E-state index contributed by atoms with van der Waals surface area (Å²) in [4.78, 5) is 20.4. The monoisotopic (exact) mass is 310 g/mol. The van der Waals surface area contributed by atoms with Gasteiger partial charge >= 0.3 is 0 Å². The van der Waals surface area contributed by atoms with Crippen LogP contribution in [0.15, 0.2) is 18.3 Å². The number of nitrogens with one attached hydrogen (secondary N) is 1. The van der Waals surface area contributed by atoms with E-state index in [1.807, 2.05) is 4.57 Å². The second-order valence-corrected chi connectivity index (χ2v) is 5.62. The summed E-state index contributed by atoms with van der Waals surface area (Å²) in [6.45, 7) is 1.78. The lowest BCUT2D eigenvalue weighted by Gasteiger charge is -2.08. The Morgan fingerprint density at radius 2 is 2.10 bits per heavy atom. The number of anilines is 1. The van der Waals surface area contributed by atoms with Gasteiger partial charge in [-0.05, 0) is 31.9 Å². The van der Waals surface area contributed by atoms with Gasteiger partial charge in [0, 0.05) is 17.9 Å². The molecule has 1 fully saturated rings. The van der Waals surface area contributed by atoms with Gasteiger partial charge in [0.15, 0.2) is 0 Å². The molecule has 0 radical (unpaired) electrons. The van der Waals surface area contributed by atoms with Gasteiger partial charge in [-0.2, -0.15) is 0 Å². The van der Waals surface area contributed by atoms with Gasteiger partial charge in [0.05, 0.1) is 5.02 Å². The highest BCUT2D eigenvalue weighted by Gasteiger charge is 2.28. The number of nitrogens with zero attached hydrogens (tertiary/aromatic N) is 3. The summed E-state index contributed by atoms with van der Waals surface area (Å²) in [6, 6.07) is 3.64. The second kappa shape index (κ2) is 5.07. The Bertz CT molecular complexity index is 659. The number of halogens is 2. The predicted octanol–water partition coefficient (Wildman–Crippen LogP) is 3.48. The SMILES string of the molecule is Cc1cc(Cl)nc(NC(=O)c2cc(Cl)cn2C2CC2)n1. The van der Waals surface area contributed by atoms with E-state index in [-0.39, 0.29) is 11.9 Å². The summed E-state index contributed by atoms with van der Waals surface area (Å²) in [5.74, 6) is -0.0925. The average molecular weight is 311 g/mol. The van der Waals surface area contributed by atoms with E-state index >= 15 is 0 Å². The van der Waals surface area contributed by atoms with E-state index in [0.717, 1.165) is 12.8 Å². The molecule has 1 aliphatic carbocycles. The molecule has 0 aliphatic heterocycles. The van der Waals surface area contributed by atoms with Crippen LogP contribution in [0.5, 0.6) is 0 Å². The first-order valence-electron chi connectivity index (χ1n) is 6.23. The predicted molar refractivity (Wildman–Crippen MR) is 77.4 cm³/mol. The normalized spacial score (nSPS) is 14.3. The van der Waals surface area contributed by atoms with Crippen molar-refractivity contribution in [3.05, 3.63) is 39.9 Å². The molecule has 0 unspecified atom stereocenters. The summed E-state index contributed by atoms with van der Waals surface area (Å²) in [6.07, 6.45) is 3.91. The molecule has 2 aromatic heterocycles. The number of hydrogen-bond acceptors (Lipinski definition) is 3. The van der Waals surface area contributed by atoms with E-state index in [9.17, 15) is 4.79 Å². The zero-order valence-corrected chi connectivity index (χ0v) is 12.2. The van der Waals surface area contributed by atoms with E-state index in [2.05, 4.69) is 15.3 Å². The standard InChI is InChI=1S/C13H12Cl2N4O/c1-7-4-11(15)17-13(16-7)18-12(20)10-5-8(14)6-19(10)9-2-3-9/h4-6,9H,2-3H2,1H3,(H,16,17,18,20). The van der Waals surface area contributed by atoms with Crippen molar-refractivity contribution in [1.82, 2.24) is 14.5 Å². The third kappa shape index (κ3) is 2.78. The summed E-state index contributed by atoms with van der Waals surface area (Å²) in [7, 11) is 0. The fourth-order valence-corrected chi connectivity index (χ4v) is 2.48. The summed E-state index contributed by atoms with van der Waals surface area (Å²) >= 11 is 11.8. The van der Waals surface area contributed by atoms with Gasteiger partial charge in [0.25, 0.3) is 5.91 Å². The van der Waals surface area contributed by atoms with E-state index < -0.39 is 0 Å². The van der Waals surface area contributed by atoms with Crippen LogP contribution in [0.4, 0.5) is 5.95 Å². The highest BCUT2D eigenvalue weighted by molar-refractivity contribution is 6.31. The van der Waals surface area contributed by atoms with Gasteiger partial charge in [0.2, 0.25) is 5.95 Å². The maximum absolute atomic E-state index is 12.3. The van der Waals surface area contributed by atoms with Crippen LogP contribution in [0.1, 0.15) is 35.1 Å². The molecule has 7 heteroatoms. The Hall–Kier alpha value is -1.59. The second-order valence-electron chi connectivity index (χ2n) is 4.79. The molecule has 1 N–H and O–H groups in total. The van der Waals surface area contributed by atoms with E-state index in [4.69, 9.17) is 23.2 Å². The molecule has 2 heterocycles. The van der Waals surface area contributed by atoms with Gasteiger partial charge < -0.3 is 4.57 Å². The van der Waals surface area contributed by atoms with E-state index in [0.29, 0.717) is 27.6 Å². The molecule has 0 spiro atoms. The molecular formula is C13H12Cl2N4O. The number of aryl methyl sites for hydroxylation is 1. The molecule has 0 atom stereocenters. The number of rotatable bonds is 3. The first-order chi connectivity index (χ1) is 9.52. The van der Waals surface area contributed by atoms with Crippen molar-refractivity contribution in [3.63, 3.8) is 0 Å². The zero-order valence-electron chi connectivity index (χ0n) is 10.7. The number of hydrogen-bond donors (Lipinski definition) is 1. The van der Waals surface area contributed by atoms with Crippen LogP contribution in [0.25, 0.3) is 0 Å². The Morgan fingerprint density at radius 3 is 2.75 bits per heavy atom. The quantitative estimate of drug-likeness (QED) is 0.883. The topological polar surface area (TPSA) is 59.8 Å². The lowest BCUT2D eigenvalue weighted by Crippen LogP contribution is -2.18. The molecule has 1 amide bonds. The number of carbonyl (C=O) groups excluding carboxylic acids is 1. The minimum Gasteiger partial charge on any atom is -0.339 e. The van der Waals surface area contributed by atoms with Crippen molar-refractivity contribution in [3.8, 4) is 0 Å². The highest BCUT2D eigenvalue weighted by atomic mass is 35.5. The molecule has 104 valence electrons. The zero-order chi connectivity index (χ0) is 14.3. The fourth-order valence-electron chi connectivity index (χ4n) is 2.03. The molecule has 0 bridgehead atoms. The fraction of sp³-hybridized carbons (Fsp3) is 0.308. The van der Waals surface area contributed by atoms with Crippen LogP contribution in [0.3, 0.4) is 0 Å². The molecule has 2 aromatic rings. The molecular weight excluding hydrogens is 299 g/mol. The molecule has 20 heavy (non-hydrogen) atoms. The van der Waals surface area contributed by atoms with Crippen molar-refractivity contribution >= 4 is 35.1 Å². The van der Waals surface area contributed by atoms with Crippen LogP contribution in [-0.2, 0) is 0 Å². The number of carbonyl (C=O) groups is 1. The van der Waals surface area contributed by atoms with Crippen LogP contribution < -0.4 is 5.32 Å². The average Bonchev–Trinajstić information content (AvgIpc) is 3.11. The summed E-state index contributed by atoms with van der Waals surface area (Å²) in [5.41, 5.74) is 1.20. The third-order valence-corrected chi connectivity index (χ3v) is 3.44. The van der Waals surface area contributed by atoms with Crippen LogP contribution in [-0.4, -0.2) is 20.4 Å². The van der Waals surface area contributed by atoms with Crippen LogP contribution >= 0.6 is 23.2 Å². The summed E-state index contributed by atoms with van der Waals surface area (Å²) < 4.78 is 1.90. The largest absolute Gasteiger partial charge is 0.339 e. The van der Waals surface area contributed by atoms with Crippen molar-refractivity contribution in [2.45, 2.75) is 25.8 Å². The first-order valence-corrected chi connectivity index (χ1v) is 6.98. The molecule has 0 saturated heterocycles. The Morgan fingerprint density at radius 1 is 1.35 bits per heavy atom. The molecule has 1 saturated carbocycles. The lowest BCUT2D eigenvalue weighted by atomic mass is 10.4. The Balaban J connectivity index is 1.85. The lowest BCUT2D eigenvalue weighted by molar-refractivity contribution is 0.101. The maximum atomic E-state index is 12.3. The van der Waals surface area contributed by atoms with Gasteiger partial charge in [-0.15, -0.1) is 0 Å². The number of amides is 1. The van der Waals surface area contributed by atoms with Gasteiger partial charge in [0.1, 0.15) is 10.8 Å². The van der Waals surface area contributed by atoms with E-state index in [1.165, 1.54) is 0 Å². The molecule has 0 aromatic carbocycles. The van der Waals surface area contributed by atoms with Crippen molar-refractivity contribution < 1.29 is 4.79 Å². The van der Waals surface area contributed by atoms with Crippen molar-refractivity contribution in [2.24, 2.45) is 0 Å². The van der Waals surface area contributed by atoms with E-state index in [1.54, 1.807) is 25.3 Å². The maximum Gasteiger partial charge on any atom is 0.274 e. The van der Waals surface area contributed by atoms with Crippen LogP contribution in [0, 0.1) is 6.92 Å². The highest BCUT2D eigenvalue weighted by Crippen LogP contribution is 2.37. The number of aromatic nitrogens is 3. The smallest absolute Gasteiger partial charge is 0.274 e. The Labute approximate surface area is 125 Å².